The fourth-order valence-corrected chi connectivity index (χ4v) is 3.88. The second kappa shape index (κ2) is 7.20. The van der Waals surface area contributed by atoms with E-state index >= 15 is 0 Å². The molecule has 0 aliphatic carbocycles. The topological polar surface area (TPSA) is 67.2 Å². The Kier molecular flexibility index (Phi) is 5.70. The van der Waals surface area contributed by atoms with E-state index < -0.39 is 16.6 Å². The van der Waals surface area contributed by atoms with Crippen LogP contribution in [0.3, 0.4) is 0 Å². The maximum atomic E-state index is 12.7. The summed E-state index contributed by atoms with van der Waals surface area (Å²) in [4.78, 5) is 1.69. The first-order valence-corrected chi connectivity index (χ1v) is 9.03. The minimum atomic E-state index is -3.79. The summed E-state index contributed by atoms with van der Waals surface area (Å²) in [5.41, 5.74) is 0.635. The number of benzene rings is 1. The molecule has 0 fully saturated rings. The lowest BCUT2D eigenvalue weighted by Gasteiger charge is -2.14. The smallest absolute Gasteiger partial charge is 0.296 e. The number of hydrogen-bond donors (Lipinski definition) is 1. The van der Waals surface area contributed by atoms with Crippen LogP contribution in [0.25, 0.3) is 11.1 Å². The van der Waals surface area contributed by atoms with Crippen molar-refractivity contribution < 1.29 is 17.2 Å². The second-order valence-electron chi connectivity index (χ2n) is 5.01. The van der Waals surface area contributed by atoms with Crippen molar-refractivity contribution in [2.45, 2.75) is 11.4 Å². The molecule has 0 unspecified atom stereocenters. The van der Waals surface area contributed by atoms with Gasteiger partial charge in [0.15, 0.2) is 0 Å². The summed E-state index contributed by atoms with van der Waals surface area (Å²) in [7, 11) is -0.335. The molecule has 10 heteroatoms. The minimum Gasteiger partial charge on any atom is -0.296 e. The lowest BCUT2D eigenvalue weighted by atomic mass is 10.1. The van der Waals surface area contributed by atoms with E-state index in [2.05, 4.69) is 9.82 Å². The fourth-order valence-electron chi connectivity index (χ4n) is 1.83. The van der Waals surface area contributed by atoms with Gasteiger partial charge < -0.3 is 0 Å². The van der Waals surface area contributed by atoms with Gasteiger partial charge >= 0.3 is 6.55 Å². The quantitative estimate of drug-likeness (QED) is 0.536. The van der Waals surface area contributed by atoms with Gasteiger partial charge in [-0.2, -0.15) is 18.6 Å². The maximum Gasteiger partial charge on any atom is 0.333 e. The Bertz CT molecular complexity index is 793. The van der Waals surface area contributed by atoms with E-state index in [1.807, 2.05) is 22.6 Å². The number of nitrogens with zero attached hydrogens (tertiary/aromatic N) is 3. The molecule has 1 heterocycles. The number of nitrogens with one attached hydrogen (secondary N) is 1. The molecule has 0 bridgehead atoms. The molecule has 0 saturated heterocycles. The average molecular weight is 456 g/mol. The van der Waals surface area contributed by atoms with E-state index in [1.165, 1.54) is 12.3 Å². The van der Waals surface area contributed by atoms with E-state index in [0.29, 0.717) is 15.8 Å². The van der Waals surface area contributed by atoms with Gasteiger partial charge in [-0.3, -0.25) is 4.90 Å². The number of rotatable bonds is 6. The summed E-state index contributed by atoms with van der Waals surface area (Å²) in [5.74, 6) is 0. The second-order valence-corrected chi connectivity index (χ2v) is 7.99. The lowest BCUT2D eigenvalue weighted by molar-refractivity contribution is 0.0566. The van der Waals surface area contributed by atoms with Crippen LogP contribution in [0, 0.1) is 3.57 Å². The average Bonchev–Trinajstić information content (AvgIpc) is 2.95. The van der Waals surface area contributed by atoms with Crippen LogP contribution in [0.4, 0.5) is 8.78 Å². The van der Waals surface area contributed by atoms with Gasteiger partial charge in [-0.1, -0.05) is 6.07 Å². The van der Waals surface area contributed by atoms with Crippen molar-refractivity contribution in [3.05, 3.63) is 34.2 Å². The van der Waals surface area contributed by atoms with Gasteiger partial charge in [-0.05, 0) is 48.8 Å². The van der Waals surface area contributed by atoms with E-state index in [0.717, 1.165) is 9.77 Å². The first-order chi connectivity index (χ1) is 10.7. The van der Waals surface area contributed by atoms with E-state index in [9.17, 15) is 17.2 Å². The number of halogens is 3. The Morgan fingerprint density at radius 2 is 2.09 bits per heavy atom. The molecule has 2 rings (SSSR count). The van der Waals surface area contributed by atoms with Crippen molar-refractivity contribution in [2.75, 3.05) is 20.8 Å². The highest BCUT2D eigenvalue weighted by atomic mass is 127. The van der Waals surface area contributed by atoms with Gasteiger partial charge in [-0.15, -0.1) is 0 Å². The van der Waals surface area contributed by atoms with Crippen molar-refractivity contribution in [1.82, 2.24) is 19.4 Å². The molecule has 0 saturated carbocycles. The molecule has 0 radical (unpaired) electrons. The Balaban J connectivity index is 2.49. The van der Waals surface area contributed by atoms with Crippen LogP contribution in [0.15, 0.2) is 35.5 Å². The Morgan fingerprint density at radius 3 is 2.65 bits per heavy atom. The van der Waals surface area contributed by atoms with Crippen molar-refractivity contribution in [2.24, 2.45) is 0 Å². The normalized spacial score (nSPS) is 12.3. The molecule has 1 N–H and O–H groups in total. The largest absolute Gasteiger partial charge is 0.333 e. The minimum absolute atomic E-state index is 0.0278. The number of hydrogen-bond acceptors (Lipinski definition) is 4. The highest BCUT2D eigenvalue weighted by Gasteiger charge is 2.21. The van der Waals surface area contributed by atoms with Gasteiger partial charge in [-0.25, -0.2) is 13.1 Å². The first kappa shape index (κ1) is 18.2. The first-order valence-electron chi connectivity index (χ1n) is 6.47. The Labute approximate surface area is 146 Å². The van der Waals surface area contributed by atoms with Gasteiger partial charge in [0.2, 0.25) is 10.0 Å². The molecule has 126 valence electrons. The number of sulfonamides is 1. The highest BCUT2D eigenvalue weighted by molar-refractivity contribution is 14.1. The standard InChI is InChI=1S/C13H15F2IN4O2S/c1-19(2)8-18-23(21,22)12-5-10(16)3-4-11(12)9-6-17-20(7-9)13(14)15/h3-7,13,18H,8H2,1-2H3. The van der Waals surface area contributed by atoms with Gasteiger partial charge in [0.05, 0.1) is 17.8 Å². The molecule has 2 aromatic rings. The van der Waals surface area contributed by atoms with Crippen molar-refractivity contribution in [3.63, 3.8) is 0 Å². The highest BCUT2D eigenvalue weighted by Crippen LogP contribution is 2.29. The summed E-state index contributed by atoms with van der Waals surface area (Å²) in [6.07, 6.45) is 2.34. The van der Waals surface area contributed by atoms with Crippen LogP contribution >= 0.6 is 22.6 Å². The summed E-state index contributed by atoms with van der Waals surface area (Å²) in [6.45, 7) is -2.65. The number of aromatic nitrogens is 2. The molecular formula is C13H15F2IN4O2S. The van der Waals surface area contributed by atoms with Crippen LogP contribution < -0.4 is 4.72 Å². The van der Waals surface area contributed by atoms with Crippen LogP contribution in [0.2, 0.25) is 0 Å². The molecule has 0 atom stereocenters. The Morgan fingerprint density at radius 1 is 1.39 bits per heavy atom. The monoisotopic (exact) mass is 456 g/mol. The molecule has 1 aromatic heterocycles. The molecule has 0 amide bonds. The predicted octanol–water partition coefficient (Wildman–Crippen LogP) is 2.35. The molecule has 0 aliphatic rings. The molecule has 6 nitrogen and oxygen atoms in total. The zero-order valence-corrected chi connectivity index (χ0v) is 15.3. The van der Waals surface area contributed by atoms with Crippen molar-refractivity contribution in [1.29, 1.82) is 0 Å². The van der Waals surface area contributed by atoms with E-state index in [-0.39, 0.29) is 11.6 Å². The van der Waals surface area contributed by atoms with Gasteiger partial charge in [0, 0.05) is 20.9 Å². The van der Waals surface area contributed by atoms with Crippen LogP contribution in [-0.2, 0) is 10.0 Å². The lowest BCUT2D eigenvalue weighted by Crippen LogP contribution is -2.33. The van der Waals surface area contributed by atoms with E-state index in [1.54, 1.807) is 31.1 Å². The Hall–Kier alpha value is -1.11. The summed E-state index contributed by atoms with van der Waals surface area (Å²) in [6, 6.07) is 4.78. The van der Waals surface area contributed by atoms with Crippen LogP contribution in [0.5, 0.6) is 0 Å². The van der Waals surface area contributed by atoms with Gasteiger partial charge in [0.1, 0.15) is 0 Å². The van der Waals surface area contributed by atoms with Gasteiger partial charge in [0.25, 0.3) is 0 Å². The number of alkyl halides is 2. The maximum absolute atomic E-state index is 12.7. The zero-order chi connectivity index (χ0) is 17.2. The molecule has 0 spiro atoms. The summed E-state index contributed by atoms with van der Waals surface area (Å²) in [5, 5.41) is 3.55. The summed E-state index contributed by atoms with van der Waals surface area (Å²) >= 11 is 2.00. The van der Waals surface area contributed by atoms with Crippen molar-refractivity contribution >= 4 is 32.6 Å². The zero-order valence-electron chi connectivity index (χ0n) is 12.4. The van der Waals surface area contributed by atoms with E-state index in [4.69, 9.17) is 0 Å². The van der Waals surface area contributed by atoms with Crippen LogP contribution in [0.1, 0.15) is 6.55 Å². The summed E-state index contributed by atoms with van der Waals surface area (Å²) < 4.78 is 54.0. The predicted molar refractivity (Wildman–Crippen MR) is 90.5 cm³/mol. The third kappa shape index (κ3) is 4.46. The third-order valence-corrected chi connectivity index (χ3v) is 5.01. The fraction of sp³-hybridized carbons (Fsp3) is 0.308. The molecule has 1 aromatic carbocycles. The third-order valence-electron chi connectivity index (χ3n) is 2.92. The molecular weight excluding hydrogens is 441 g/mol. The SMILES string of the molecule is CN(C)CNS(=O)(=O)c1cc(I)ccc1-c1cnn(C(F)F)c1. The molecule has 0 aliphatic heterocycles. The molecule has 23 heavy (non-hydrogen) atoms. The van der Waals surface area contributed by atoms with Crippen LogP contribution in [-0.4, -0.2) is 43.9 Å². The van der Waals surface area contributed by atoms with Crippen molar-refractivity contribution in [3.8, 4) is 11.1 Å².